The van der Waals surface area contributed by atoms with E-state index in [4.69, 9.17) is 4.74 Å². The highest BCUT2D eigenvalue weighted by molar-refractivity contribution is 5.82. The molecule has 0 unspecified atom stereocenters. The van der Waals surface area contributed by atoms with Crippen LogP contribution in [0, 0.1) is 5.92 Å². The Morgan fingerprint density at radius 1 is 0.609 bits per heavy atom. The van der Waals surface area contributed by atoms with Crippen molar-refractivity contribution in [2.24, 2.45) is 5.92 Å². The Hall–Kier alpha value is -1.10. The van der Waals surface area contributed by atoms with Crippen molar-refractivity contribution >= 4 is 11.9 Å². The van der Waals surface area contributed by atoms with Crippen LogP contribution in [0.4, 0.5) is 0 Å². The van der Waals surface area contributed by atoms with Gasteiger partial charge in [0.25, 0.3) is 0 Å². The second-order valence-electron chi connectivity index (χ2n) is 14.9. The van der Waals surface area contributed by atoms with Gasteiger partial charge in [0.15, 0.2) is 0 Å². The largest absolute Gasteiger partial charge is 0.464 e. The summed E-state index contributed by atoms with van der Waals surface area (Å²) in [6.45, 7) is 8.98. The van der Waals surface area contributed by atoms with E-state index < -0.39 is 0 Å². The average Bonchev–Trinajstić information content (AvgIpc) is 3.07. The molecule has 0 saturated carbocycles. The molecule has 5 nitrogen and oxygen atoms in total. The van der Waals surface area contributed by atoms with Crippen LogP contribution in [0.25, 0.3) is 0 Å². The lowest BCUT2D eigenvalue weighted by molar-refractivity contribution is -0.157. The van der Waals surface area contributed by atoms with Gasteiger partial charge in [-0.1, -0.05) is 168 Å². The molecule has 0 aromatic carbocycles. The van der Waals surface area contributed by atoms with Crippen LogP contribution in [0.5, 0.6) is 0 Å². The van der Waals surface area contributed by atoms with Gasteiger partial charge in [0.2, 0.25) is 5.91 Å². The van der Waals surface area contributed by atoms with Crippen molar-refractivity contribution in [2.75, 3.05) is 32.8 Å². The summed E-state index contributed by atoms with van der Waals surface area (Å²) in [6, 6.07) is 0.0274. The molecule has 5 heteroatoms. The van der Waals surface area contributed by atoms with Crippen molar-refractivity contribution in [1.82, 2.24) is 9.80 Å². The summed E-state index contributed by atoms with van der Waals surface area (Å²) in [7, 11) is 0. The molecule has 0 spiro atoms. The molecular formula is C41H78N2O3. The SMILES string of the molecule is CCCCCCCCCCCCCCC[C@@H]1[C@@H](C(=O)OCCN2CCCCC2)CCC(=O)N1CCCCCCCCCCCCC. The summed E-state index contributed by atoms with van der Waals surface area (Å²) in [5.41, 5.74) is 0. The lowest BCUT2D eigenvalue weighted by Crippen LogP contribution is -2.51. The molecule has 2 atom stereocenters. The number of ether oxygens (including phenoxy) is 1. The fourth-order valence-electron chi connectivity index (χ4n) is 7.82. The van der Waals surface area contributed by atoms with Gasteiger partial charge >= 0.3 is 5.97 Å². The summed E-state index contributed by atoms with van der Waals surface area (Å²) < 4.78 is 5.91. The number of hydrogen-bond donors (Lipinski definition) is 0. The molecule has 2 aliphatic rings. The van der Waals surface area contributed by atoms with E-state index in [-0.39, 0.29) is 23.8 Å². The van der Waals surface area contributed by atoms with Crippen molar-refractivity contribution in [1.29, 1.82) is 0 Å². The molecule has 46 heavy (non-hydrogen) atoms. The monoisotopic (exact) mass is 647 g/mol. The molecule has 2 saturated heterocycles. The Bertz CT molecular complexity index is 722. The summed E-state index contributed by atoms with van der Waals surface area (Å²) >= 11 is 0. The molecule has 2 aliphatic heterocycles. The zero-order valence-corrected chi connectivity index (χ0v) is 31.0. The van der Waals surface area contributed by atoms with E-state index in [0.717, 1.165) is 45.4 Å². The van der Waals surface area contributed by atoms with Crippen LogP contribution in [-0.2, 0) is 14.3 Å². The van der Waals surface area contributed by atoms with Gasteiger partial charge in [0.05, 0.1) is 5.92 Å². The number of amides is 1. The second kappa shape index (κ2) is 28.9. The van der Waals surface area contributed by atoms with Crippen molar-refractivity contribution in [3.63, 3.8) is 0 Å². The van der Waals surface area contributed by atoms with Crippen LogP contribution in [0.1, 0.15) is 206 Å². The highest BCUT2D eigenvalue weighted by Crippen LogP contribution is 2.30. The maximum atomic E-state index is 13.4. The fraction of sp³-hybridized carbons (Fsp3) is 0.951. The normalized spacial score (nSPS) is 19.2. The van der Waals surface area contributed by atoms with Crippen LogP contribution in [0.2, 0.25) is 0 Å². The summed E-state index contributed by atoms with van der Waals surface area (Å²) in [6.07, 6.45) is 37.8. The number of carbonyl (C=O) groups is 2. The number of esters is 1. The van der Waals surface area contributed by atoms with E-state index in [0.29, 0.717) is 19.4 Å². The zero-order chi connectivity index (χ0) is 32.9. The summed E-state index contributed by atoms with van der Waals surface area (Å²) in [5.74, 6) is 0.0707. The molecule has 0 aromatic rings. The van der Waals surface area contributed by atoms with Crippen molar-refractivity contribution in [2.45, 2.75) is 213 Å². The molecule has 2 heterocycles. The quantitative estimate of drug-likeness (QED) is 0.0575. The van der Waals surface area contributed by atoms with E-state index in [9.17, 15) is 9.59 Å². The van der Waals surface area contributed by atoms with Crippen LogP contribution < -0.4 is 0 Å². The van der Waals surface area contributed by atoms with Crippen LogP contribution in [0.3, 0.4) is 0 Å². The topological polar surface area (TPSA) is 49.9 Å². The molecule has 2 rings (SSSR count). The number of likely N-dealkylation sites (tertiary alicyclic amines) is 2. The van der Waals surface area contributed by atoms with E-state index in [1.165, 1.54) is 161 Å². The molecular weight excluding hydrogens is 568 g/mol. The van der Waals surface area contributed by atoms with Crippen LogP contribution >= 0.6 is 0 Å². The zero-order valence-electron chi connectivity index (χ0n) is 31.0. The Kier molecular flexibility index (Phi) is 25.8. The van der Waals surface area contributed by atoms with Crippen molar-refractivity contribution in [3.8, 4) is 0 Å². The molecule has 270 valence electrons. The predicted molar refractivity (Wildman–Crippen MR) is 196 cm³/mol. The second-order valence-corrected chi connectivity index (χ2v) is 14.9. The molecule has 0 bridgehead atoms. The number of rotatable bonds is 30. The first-order valence-electron chi connectivity index (χ1n) is 20.9. The molecule has 2 fully saturated rings. The minimum atomic E-state index is -0.149. The third-order valence-corrected chi connectivity index (χ3v) is 10.9. The fourth-order valence-corrected chi connectivity index (χ4v) is 7.82. The number of unbranched alkanes of at least 4 members (excludes halogenated alkanes) is 22. The number of carbonyl (C=O) groups excluding carboxylic acids is 2. The van der Waals surface area contributed by atoms with Gasteiger partial charge in [-0.25, -0.2) is 0 Å². The first kappa shape index (κ1) is 41.1. The standard InChI is InChI=1S/C41H78N2O3/c1-3-5-7-9-11-13-15-16-17-19-21-23-26-30-39-38(41(45)46-37-36-42-33-27-25-28-34-42)31-32-40(44)43(39)35-29-24-22-20-18-14-12-10-8-6-4-2/h38-39H,3-37H2,1-2H3/t38-,39+/m0/s1. The number of piperidine rings is 2. The number of nitrogens with zero attached hydrogens (tertiary/aromatic N) is 2. The lowest BCUT2D eigenvalue weighted by Gasteiger charge is -2.40. The van der Waals surface area contributed by atoms with Crippen molar-refractivity contribution < 1.29 is 14.3 Å². The van der Waals surface area contributed by atoms with Gasteiger partial charge in [0.1, 0.15) is 6.61 Å². The van der Waals surface area contributed by atoms with Crippen molar-refractivity contribution in [3.05, 3.63) is 0 Å². The smallest absolute Gasteiger partial charge is 0.311 e. The maximum Gasteiger partial charge on any atom is 0.311 e. The third-order valence-electron chi connectivity index (χ3n) is 10.9. The van der Waals surface area contributed by atoms with E-state index in [2.05, 4.69) is 23.6 Å². The molecule has 0 N–H and O–H groups in total. The average molecular weight is 647 g/mol. The third kappa shape index (κ3) is 19.7. The Morgan fingerprint density at radius 2 is 1.07 bits per heavy atom. The Labute approximate surface area is 286 Å². The number of hydrogen-bond acceptors (Lipinski definition) is 4. The summed E-state index contributed by atoms with van der Waals surface area (Å²) in [5, 5.41) is 0. The first-order chi connectivity index (χ1) is 22.7. The highest BCUT2D eigenvalue weighted by Gasteiger charge is 2.39. The minimum Gasteiger partial charge on any atom is -0.464 e. The first-order valence-corrected chi connectivity index (χ1v) is 20.9. The Morgan fingerprint density at radius 3 is 1.57 bits per heavy atom. The minimum absolute atomic E-state index is 0.0274. The lowest BCUT2D eigenvalue weighted by atomic mass is 9.85. The van der Waals surface area contributed by atoms with Gasteiger partial charge in [-0.05, 0) is 45.2 Å². The van der Waals surface area contributed by atoms with Gasteiger partial charge in [0, 0.05) is 25.6 Å². The molecule has 1 amide bonds. The van der Waals surface area contributed by atoms with E-state index in [1.54, 1.807) is 0 Å². The van der Waals surface area contributed by atoms with Crippen LogP contribution in [-0.4, -0.2) is 60.5 Å². The molecule has 0 aliphatic carbocycles. The maximum absolute atomic E-state index is 13.4. The van der Waals surface area contributed by atoms with Gasteiger partial charge in [-0.3, -0.25) is 14.5 Å². The predicted octanol–water partition coefficient (Wildman–Crippen LogP) is 11.4. The summed E-state index contributed by atoms with van der Waals surface area (Å²) in [4.78, 5) is 31.2. The molecule has 0 aromatic heterocycles. The van der Waals surface area contributed by atoms with Gasteiger partial charge < -0.3 is 9.64 Å². The van der Waals surface area contributed by atoms with Gasteiger partial charge in [-0.15, -0.1) is 0 Å². The Balaban J connectivity index is 1.73. The van der Waals surface area contributed by atoms with Crippen LogP contribution in [0.15, 0.2) is 0 Å². The highest BCUT2D eigenvalue weighted by atomic mass is 16.5. The molecule has 0 radical (unpaired) electrons. The van der Waals surface area contributed by atoms with E-state index >= 15 is 0 Å². The van der Waals surface area contributed by atoms with Gasteiger partial charge in [-0.2, -0.15) is 0 Å². The van der Waals surface area contributed by atoms with E-state index in [1.807, 2.05) is 0 Å².